The fourth-order valence-corrected chi connectivity index (χ4v) is 11.7. The SMILES string of the molecule is CC/C=C\C/C=C\C/C=C\C/C=C\CCCCCCCCCCCCCCCCCCCCCCC(=O)NC(COC1OC(CO)C(O)C(O)C1O)C(O)/C=C/CC/C=C/CC/C=C/CCCCCCCCCCCCCCCCCCCCCCC. The number of nitrogens with one attached hydrogen (secondary N) is 1. The molecule has 9 nitrogen and oxygen atoms in total. The average molecular weight is 1220 g/mol. The first kappa shape index (κ1) is 82.4. The van der Waals surface area contributed by atoms with E-state index in [0.29, 0.717) is 6.42 Å². The molecule has 1 heterocycles. The number of ether oxygens (including phenoxy) is 2. The van der Waals surface area contributed by atoms with Gasteiger partial charge in [0.15, 0.2) is 6.29 Å². The van der Waals surface area contributed by atoms with Crippen molar-refractivity contribution in [2.75, 3.05) is 13.2 Å². The predicted molar refractivity (Wildman–Crippen MR) is 373 cm³/mol. The van der Waals surface area contributed by atoms with Crippen LogP contribution in [-0.4, -0.2) is 87.5 Å². The number of carbonyl (C=O) groups excluding carboxylic acids is 1. The van der Waals surface area contributed by atoms with E-state index in [1.807, 2.05) is 6.08 Å². The molecule has 87 heavy (non-hydrogen) atoms. The summed E-state index contributed by atoms with van der Waals surface area (Å²) in [6.45, 7) is 3.69. The maximum Gasteiger partial charge on any atom is 0.220 e. The molecule has 0 saturated carbocycles. The molecule has 0 aromatic rings. The molecular weight excluding hydrogens is 1080 g/mol. The number of allylic oxidation sites excluding steroid dienone is 13. The Morgan fingerprint density at radius 2 is 0.724 bits per heavy atom. The predicted octanol–water partition coefficient (Wildman–Crippen LogP) is 20.9. The van der Waals surface area contributed by atoms with E-state index in [1.54, 1.807) is 6.08 Å². The molecule has 0 spiro atoms. The Bertz CT molecular complexity index is 1650. The van der Waals surface area contributed by atoms with E-state index in [2.05, 4.69) is 92.1 Å². The van der Waals surface area contributed by atoms with Gasteiger partial charge in [0, 0.05) is 6.42 Å². The lowest BCUT2D eigenvalue weighted by atomic mass is 9.99. The Hall–Kier alpha value is -2.63. The highest BCUT2D eigenvalue weighted by molar-refractivity contribution is 5.76. The van der Waals surface area contributed by atoms with Gasteiger partial charge in [-0.05, 0) is 83.5 Å². The van der Waals surface area contributed by atoms with Gasteiger partial charge in [-0.25, -0.2) is 0 Å². The van der Waals surface area contributed by atoms with E-state index in [1.165, 1.54) is 257 Å². The van der Waals surface area contributed by atoms with E-state index in [-0.39, 0.29) is 12.5 Å². The van der Waals surface area contributed by atoms with E-state index in [0.717, 1.165) is 70.6 Å². The Morgan fingerprint density at radius 3 is 1.10 bits per heavy atom. The molecule has 0 aromatic heterocycles. The minimum Gasteiger partial charge on any atom is -0.394 e. The van der Waals surface area contributed by atoms with Crippen LogP contribution in [0, 0.1) is 0 Å². The summed E-state index contributed by atoms with van der Waals surface area (Å²) in [5, 5.41) is 54.8. The second-order valence-electron chi connectivity index (χ2n) is 25.7. The molecule has 1 saturated heterocycles. The number of carbonyl (C=O) groups is 1. The third-order valence-electron chi connectivity index (χ3n) is 17.4. The fourth-order valence-electron chi connectivity index (χ4n) is 11.7. The zero-order valence-electron chi connectivity index (χ0n) is 56.8. The van der Waals surface area contributed by atoms with Gasteiger partial charge in [0.25, 0.3) is 0 Å². The van der Waals surface area contributed by atoms with Crippen LogP contribution in [0.2, 0.25) is 0 Å². The second kappa shape index (κ2) is 66.3. The van der Waals surface area contributed by atoms with Gasteiger partial charge in [0.1, 0.15) is 24.4 Å². The number of aliphatic hydroxyl groups excluding tert-OH is 5. The Balaban J connectivity index is 2.13. The molecule has 1 rings (SSSR count). The van der Waals surface area contributed by atoms with Crippen LogP contribution in [0.5, 0.6) is 0 Å². The first-order valence-electron chi connectivity index (χ1n) is 37.3. The normalized spacial score (nSPS) is 18.4. The maximum atomic E-state index is 13.1. The van der Waals surface area contributed by atoms with Crippen LogP contribution in [0.3, 0.4) is 0 Å². The third-order valence-corrected chi connectivity index (χ3v) is 17.4. The van der Waals surface area contributed by atoms with Crippen molar-refractivity contribution in [3.63, 3.8) is 0 Å². The summed E-state index contributed by atoms with van der Waals surface area (Å²) in [5.41, 5.74) is 0. The standard InChI is InChI=1S/C78H141NO8/c1-3-5-7-9-11-13-15-17-19-21-23-25-27-29-31-33-35-36-38-40-42-44-46-48-50-52-54-56-58-60-62-64-66-68-74(82)79-71(70-86-78-77(85)76(84)75(83)73(69-80)87-78)72(81)67-65-63-61-59-57-55-53-51-49-47-45-43-41-39-37-34-32-30-28-26-24-22-20-18-16-14-12-10-8-6-4-2/h5,7,11,13,17,19,23,25,49,51,57,59,65,67,71-73,75-78,80-81,83-85H,3-4,6,8-10,12,14-16,18,20-22,24,26-48,50,52-56,58,60-64,66,68-70H2,1-2H3,(H,79,82)/b7-5-,13-11-,19-17-,25-23-,51-49+,59-57+,67-65+. The van der Waals surface area contributed by atoms with Crippen LogP contribution in [0.25, 0.3) is 0 Å². The number of hydrogen-bond donors (Lipinski definition) is 6. The van der Waals surface area contributed by atoms with E-state index in [4.69, 9.17) is 9.47 Å². The Kier molecular flexibility index (Phi) is 62.8. The molecule has 0 aromatic carbocycles. The van der Waals surface area contributed by atoms with Gasteiger partial charge in [-0.15, -0.1) is 0 Å². The second-order valence-corrected chi connectivity index (χ2v) is 25.7. The fraction of sp³-hybridized carbons (Fsp3) is 0.808. The van der Waals surface area contributed by atoms with E-state index in [9.17, 15) is 30.3 Å². The minimum absolute atomic E-state index is 0.187. The topological polar surface area (TPSA) is 149 Å². The van der Waals surface area contributed by atoms with Crippen LogP contribution in [0.1, 0.15) is 348 Å². The van der Waals surface area contributed by atoms with Crippen molar-refractivity contribution in [1.29, 1.82) is 0 Å². The molecule has 0 aliphatic carbocycles. The van der Waals surface area contributed by atoms with Crippen LogP contribution in [0.4, 0.5) is 0 Å². The molecule has 1 aliphatic heterocycles. The molecule has 1 fully saturated rings. The number of amides is 1. The lowest BCUT2D eigenvalue weighted by molar-refractivity contribution is -0.302. The summed E-state index contributed by atoms with van der Waals surface area (Å²) in [6.07, 6.45) is 88.6. The van der Waals surface area contributed by atoms with Crippen LogP contribution in [0.15, 0.2) is 85.1 Å². The van der Waals surface area contributed by atoms with E-state index < -0.39 is 49.5 Å². The Morgan fingerprint density at radius 1 is 0.402 bits per heavy atom. The number of rotatable bonds is 65. The van der Waals surface area contributed by atoms with Gasteiger partial charge in [-0.1, -0.05) is 343 Å². The highest BCUT2D eigenvalue weighted by Crippen LogP contribution is 2.23. The zero-order valence-corrected chi connectivity index (χ0v) is 56.8. The zero-order chi connectivity index (χ0) is 62.8. The number of aliphatic hydroxyl groups is 5. The maximum absolute atomic E-state index is 13.1. The summed E-state index contributed by atoms with van der Waals surface area (Å²) >= 11 is 0. The van der Waals surface area contributed by atoms with Crippen molar-refractivity contribution in [2.24, 2.45) is 0 Å². The van der Waals surface area contributed by atoms with Crippen molar-refractivity contribution in [3.05, 3.63) is 85.1 Å². The highest BCUT2D eigenvalue weighted by Gasteiger charge is 2.44. The molecule has 7 unspecified atom stereocenters. The van der Waals surface area contributed by atoms with Gasteiger partial charge in [0.2, 0.25) is 5.91 Å². The first-order chi connectivity index (χ1) is 42.8. The van der Waals surface area contributed by atoms with Crippen molar-refractivity contribution in [2.45, 2.75) is 391 Å². The van der Waals surface area contributed by atoms with Crippen molar-refractivity contribution < 1.29 is 39.8 Å². The lowest BCUT2D eigenvalue weighted by Crippen LogP contribution is -2.60. The third kappa shape index (κ3) is 54.8. The summed E-state index contributed by atoms with van der Waals surface area (Å²) in [4.78, 5) is 13.1. The van der Waals surface area contributed by atoms with Crippen molar-refractivity contribution in [3.8, 4) is 0 Å². The Labute approximate surface area is 537 Å². The monoisotopic (exact) mass is 1220 g/mol. The molecular formula is C78H141NO8. The van der Waals surface area contributed by atoms with Gasteiger partial charge >= 0.3 is 0 Å². The largest absolute Gasteiger partial charge is 0.394 e. The molecule has 0 radical (unpaired) electrons. The molecule has 6 N–H and O–H groups in total. The average Bonchev–Trinajstić information content (AvgIpc) is 3.38. The lowest BCUT2D eigenvalue weighted by Gasteiger charge is -2.40. The van der Waals surface area contributed by atoms with E-state index >= 15 is 0 Å². The summed E-state index contributed by atoms with van der Waals surface area (Å²) in [6, 6.07) is -0.833. The summed E-state index contributed by atoms with van der Waals surface area (Å²) in [5.74, 6) is -0.187. The molecule has 7 atom stereocenters. The van der Waals surface area contributed by atoms with Crippen molar-refractivity contribution >= 4 is 5.91 Å². The summed E-state index contributed by atoms with van der Waals surface area (Å²) < 4.78 is 11.3. The molecule has 0 bridgehead atoms. The first-order valence-corrected chi connectivity index (χ1v) is 37.3. The molecule has 9 heteroatoms. The van der Waals surface area contributed by atoms with Gasteiger partial charge < -0.3 is 40.3 Å². The quantitative estimate of drug-likeness (QED) is 0.0261. The molecule has 506 valence electrons. The number of hydrogen-bond acceptors (Lipinski definition) is 8. The van der Waals surface area contributed by atoms with Gasteiger partial charge in [-0.3, -0.25) is 4.79 Å². The van der Waals surface area contributed by atoms with Crippen molar-refractivity contribution in [1.82, 2.24) is 5.32 Å². The van der Waals surface area contributed by atoms with Gasteiger partial charge in [0.05, 0.1) is 25.4 Å². The van der Waals surface area contributed by atoms with Crippen LogP contribution >= 0.6 is 0 Å². The van der Waals surface area contributed by atoms with Crippen LogP contribution < -0.4 is 5.32 Å². The molecule has 1 aliphatic rings. The smallest absolute Gasteiger partial charge is 0.220 e. The minimum atomic E-state index is -1.58. The number of unbranched alkanes of at least 4 members (excludes halogenated alkanes) is 43. The van der Waals surface area contributed by atoms with Crippen LogP contribution in [-0.2, 0) is 14.3 Å². The summed E-state index contributed by atoms with van der Waals surface area (Å²) in [7, 11) is 0. The highest BCUT2D eigenvalue weighted by atomic mass is 16.7. The van der Waals surface area contributed by atoms with Gasteiger partial charge in [-0.2, -0.15) is 0 Å². The molecule has 1 amide bonds.